The molecule has 0 spiro atoms. The summed E-state index contributed by atoms with van der Waals surface area (Å²) in [6.07, 6.45) is -1.03. The van der Waals surface area contributed by atoms with E-state index >= 15 is 0 Å². The number of carbonyl (C=O) groups is 6. The van der Waals surface area contributed by atoms with Gasteiger partial charge in [-0.3, -0.25) is 24.0 Å². The molecule has 5 atom stereocenters. The molecule has 10 N–H and O–H groups in total. The second-order valence-corrected chi connectivity index (χ2v) is 8.16. The molecule has 0 aromatic carbocycles. The van der Waals surface area contributed by atoms with Crippen LogP contribution in [0.5, 0.6) is 0 Å². The molecule has 15 heteroatoms. The first-order chi connectivity index (χ1) is 15.3. The number of nitrogens with one attached hydrogen (secondary N) is 3. The van der Waals surface area contributed by atoms with Gasteiger partial charge in [-0.1, -0.05) is 0 Å². The van der Waals surface area contributed by atoms with Crippen LogP contribution >= 0.6 is 11.8 Å². The van der Waals surface area contributed by atoms with Crippen LogP contribution in [0.2, 0.25) is 0 Å². The van der Waals surface area contributed by atoms with Crippen molar-refractivity contribution < 1.29 is 44.1 Å². The van der Waals surface area contributed by atoms with E-state index < -0.39 is 85.1 Å². The first kappa shape index (κ1) is 30.1. The topological polar surface area (TPSA) is 251 Å². The lowest BCUT2D eigenvalue weighted by Crippen LogP contribution is -2.60. The number of nitrogens with two attached hydrogens (primary N) is 2. The van der Waals surface area contributed by atoms with Gasteiger partial charge in [-0.15, -0.1) is 0 Å². The van der Waals surface area contributed by atoms with Gasteiger partial charge in [0.2, 0.25) is 23.6 Å². The summed E-state index contributed by atoms with van der Waals surface area (Å²) in [7, 11) is 0. The monoisotopic (exact) mass is 493 g/mol. The highest BCUT2D eigenvalue weighted by Gasteiger charge is 2.33. The Balaban J connectivity index is 5.39. The van der Waals surface area contributed by atoms with Gasteiger partial charge < -0.3 is 42.7 Å². The molecule has 0 aliphatic heterocycles. The van der Waals surface area contributed by atoms with Crippen LogP contribution in [0.4, 0.5) is 0 Å². The van der Waals surface area contributed by atoms with Crippen LogP contribution in [0.3, 0.4) is 0 Å². The zero-order chi connectivity index (χ0) is 25.7. The van der Waals surface area contributed by atoms with Crippen molar-refractivity contribution >= 4 is 47.3 Å². The number of aliphatic hydroxyl groups excluding tert-OH is 1. The minimum Gasteiger partial charge on any atom is -0.481 e. The van der Waals surface area contributed by atoms with Gasteiger partial charge in [0.15, 0.2) is 0 Å². The largest absolute Gasteiger partial charge is 0.481 e. The van der Waals surface area contributed by atoms with E-state index in [4.69, 9.17) is 21.7 Å². The Hall–Kier alpha value is -2.91. The first-order valence-electron chi connectivity index (χ1n) is 9.86. The van der Waals surface area contributed by atoms with Crippen LogP contribution in [-0.4, -0.2) is 93.2 Å². The molecule has 0 fully saturated rings. The van der Waals surface area contributed by atoms with Gasteiger partial charge in [0.05, 0.1) is 18.6 Å². The third-order valence-electron chi connectivity index (χ3n) is 4.33. The highest BCUT2D eigenvalue weighted by molar-refractivity contribution is 7.98. The fraction of sp³-hybridized carbons (Fsp3) is 0.667. The van der Waals surface area contributed by atoms with Crippen molar-refractivity contribution in [3.05, 3.63) is 0 Å². The van der Waals surface area contributed by atoms with E-state index in [1.54, 1.807) is 0 Å². The Morgan fingerprint density at radius 2 is 1.48 bits per heavy atom. The Morgan fingerprint density at radius 1 is 0.909 bits per heavy atom. The predicted octanol–water partition coefficient (Wildman–Crippen LogP) is -3.27. The summed E-state index contributed by atoms with van der Waals surface area (Å²) in [6.45, 7) is 1.14. The molecule has 14 nitrogen and oxygen atoms in total. The van der Waals surface area contributed by atoms with Gasteiger partial charge in [-0.2, -0.15) is 11.8 Å². The molecule has 0 aliphatic carbocycles. The van der Waals surface area contributed by atoms with Gasteiger partial charge in [0, 0.05) is 6.42 Å². The summed E-state index contributed by atoms with van der Waals surface area (Å²) in [5.74, 6) is -6.06. The molecule has 0 aliphatic rings. The number of carbonyl (C=O) groups excluding carboxylic acids is 4. The van der Waals surface area contributed by atoms with E-state index in [0.717, 1.165) is 6.92 Å². The maximum atomic E-state index is 12.6. The van der Waals surface area contributed by atoms with E-state index in [9.17, 15) is 33.9 Å². The summed E-state index contributed by atoms with van der Waals surface area (Å²) in [5, 5.41) is 34.2. The molecule has 188 valence electrons. The Labute approximate surface area is 194 Å². The number of rotatable bonds is 16. The average Bonchev–Trinajstić information content (AvgIpc) is 2.71. The van der Waals surface area contributed by atoms with Crippen molar-refractivity contribution in [1.29, 1.82) is 0 Å². The smallest absolute Gasteiger partial charge is 0.326 e. The first-order valence-corrected chi connectivity index (χ1v) is 11.3. The fourth-order valence-electron chi connectivity index (χ4n) is 2.51. The Morgan fingerprint density at radius 3 is 1.94 bits per heavy atom. The predicted molar refractivity (Wildman–Crippen MR) is 117 cm³/mol. The number of carboxylic acids is 2. The third kappa shape index (κ3) is 12.1. The summed E-state index contributed by atoms with van der Waals surface area (Å²) in [6, 6.07) is -5.75. The fourth-order valence-corrected chi connectivity index (χ4v) is 3.00. The van der Waals surface area contributed by atoms with Crippen LogP contribution in [0, 0.1) is 0 Å². The Kier molecular flexibility index (Phi) is 13.7. The second-order valence-electron chi connectivity index (χ2n) is 7.18. The zero-order valence-corrected chi connectivity index (χ0v) is 19.1. The lowest BCUT2D eigenvalue weighted by molar-refractivity contribution is -0.144. The van der Waals surface area contributed by atoms with Crippen LogP contribution < -0.4 is 27.4 Å². The Bertz CT molecular complexity index is 734. The number of primary amides is 1. The van der Waals surface area contributed by atoms with Crippen LogP contribution in [-0.2, 0) is 28.8 Å². The lowest BCUT2D eigenvalue weighted by atomic mass is 10.1. The van der Waals surface area contributed by atoms with Crippen molar-refractivity contribution in [2.24, 2.45) is 11.5 Å². The number of thioether (sulfide) groups is 1. The van der Waals surface area contributed by atoms with Crippen LogP contribution in [0.1, 0.15) is 32.6 Å². The van der Waals surface area contributed by atoms with Crippen molar-refractivity contribution in [1.82, 2.24) is 16.0 Å². The summed E-state index contributed by atoms with van der Waals surface area (Å²) < 4.78 is 0. The number of amides is 4. The maximum absolute atomic E-state index is 12.6. The molecule has 5 unspecified atom stereocenters. The van der Waals surface area contributed by atoms with Gasteiger partial charge in [-0.25, -0.2) is 4.79 Å². The molecule has 0 saturated heterocycles. The normalized spacial score (nSPS) is 15.3. The molecule has 0 aromatic rings. The second kappa shape index (κ2) is 15.0. The highest BCUT2D eigenvalue weighted by atomic mass is 32.2. The molecule has 0 aromatic heterocycles. The minimum atomic E-state index is -1.68. The standard InChI is InChI=1S/C18H31N5O9S/c1-8(24)14(17(30)21-10(18(31)32)3-4-13(26)27)23-16(29)11(7-12(20)25)22-15(28)9(19)5-6-33-2/h8-11,14,24H,3-7,19H2,1-2H3,(H2,20,25)(H,21,30)(H,22,28)(H,23,29)(H,26,27)(H,31,32). The molecule has 0 rings (SSSR count). The van der Waals surface area contributed by atoms with Crippen molar-refractivity contribution in [3.8, 4) is 0 Å². The SMILES string of the molecule is CSCCC(N)C(=O)NC(CC(N)=O)C(=O)NC(C(=O)NC(CCC(=O)O)C(=O)O)C(C)O. The third-order valence-corrected chi connectivity index (χ3v) is 4.98. The van der Waals surface area contributed by atoms with Crippen LogP contribution in [0.15, 0.2) is 0 Å². The van der Waals surface area contributed by atoms with Gasteiger partial charge in [0.1, 0.15) is 18.1 Å². The molecule has 0 radical (unpaired) electrons. The van der Waals surface area contributed by atoms with E-state index in [2.05, 4.69) is 10.6 Å². The molecular weight excluding hydrogens is 462 g/mol. The van der Waals surface area contributed by atoms with E-state index in [-0.39, 0.29) is 0 Å². The number of hydrogen-bond donors (Lipinski definition) is 8. The number of aliphatic carboxylic acids is 2. The van der Waals surface area contributed by atoms with Crippen molar-refractivity contribution in [2.45, 2.75) is 62.9 Å². The summed E-state index contributed by atoms with van der Waals surface area (Å²) >= 11 is 1.45. The molecule has 0 bridgehead atoms. The minimum absolute atomic E-state index is 0.295. The molecule has 33 heavy (non-hydrogen) atoms. The van der Waals surface area contributed by atoms with Gasteiger partial charge in [-0.05, 0) is 31.8 Å². The molecular formula is C18H31N5O9S. The number of carboxylic acid groups (broad SMARTS) is 2. The quantitative estimate of drug-likeness (QED) is 0.106. The molecule has 4 amide bonds. The van der Waals surface area contributed by atoms with Crippen molar-refractivity contribution in [3.63, 3.8) is 0 Å². The van der Waals surface area contributed by atoms with Gasteiger partial charge in [0.25, 0.3) is 0 Å². The van der Waals surface area contributed by atoms with Crippen molar-refractivity contribution in [2.75, 3.05) is 12.0 Å². The average molecular weight is 494 g/mol. The van der Waals surface area contributed by atoms with E-state index in [0.29, 0.717) is 12.2 Å². The molecule has 0 saturated carbocycles. The van der Waals surface area contributed by atoms with Gasteiger partial charge >= 0.3 is 11.9 Å². The van der Waals surface area contributed by atoms with E-state index in [1.165, 1.54) is 11.8 Å². The molecule has 0 heterocycles. The number of hydrogen-bond acceptors (Lipinski definition) is 9. The van der Waals surface area contributed by atoms with Crippen LogP contribution in [0.25, 0.3) is 0 Å². The zero-order valence-electron chi connectivity index (χ0n) is 18.3. The summed E-state index contributed by atoms with van der Waals surface area (Å²) in [5.41, 5.74) is 10.9. The highest BCUT2D eigenvalue weighted by Crippen LogP contribution is 2.04. The maximum Gasteiger partial charge on any atom is 0.326 e. The van der Waals surface area contributed by atoms with E-state index in [1.807, 2.05) is 11.6 Å². The summed E-state index contributed by atoms with van der Waals surface area (Å²) in [4.78, 5) is 70.7. The number of aliphatic hydroxyl groups is 1. The lowest BCUT2D eigenvalue weighted by Gasteiger charge is -2.26.